The fourth-order valence-electron chi connectivity index (χ4n) is 0. The van der Waals surface area contributed by atoms with Crippen LogP contribution in [0.4, 0.5) is 0 Å². The summed E-state index contributed by atoms with van der Waals surface area (Å²) >= 11 is 0. The Balaban J connectivity index is -0.00000000381. The molecule has 0 amide bonds. The molecule has 0 aromatic rings. The Morgan fingerprint density at radius 2 is 1.00 bits per heavy atom. The third-order valence-corrected chi connectivity index (χ3v) is 0. The molecule has 8 heavy (non-hydrogen) atoms. The maximum absolute atomic E-state index is 7.33. The Morgan fingerprint density at radius 1 is 1.00 bits per heavy atom. The van der Waals surface area contributed by atoms with Gasteiger partial charge in [-0.2, -0.15) is 0 Å². The molecule has 0 aliphatic rings. The molecule has 0 aromatic heterocycles. The van der Waals surface area contributed by atoms with Crippen LogP contribution >= 0.6 is 0 Å². The van der Waals surface area contributed by atoms with Gasteiger partial charge in [0.05, 0.1) is 0 Å². The van der Waals surface area contributed by atoms with Crippen molar-refractivity contribution in [3.63, 3.8) is 0 Å². The molecule has 4 N–H and O–H groups in total. The van der Waals surface area contributed by atoms with Gasteiger partial charge in [-0.3, -0.25) is 0 Å². The first-order valence-corrected chi connectivity index (χ1v) is 2.68. The molecule has 0 bridgehead atoms. The van der Waals surface area contributed by atoms with Gasteiger partial charge in [-0.1, -0.05) is 0 Å². The van der Waals surface area contributed by atoms with E-state index >= 15 is 0 Å². The normalized spacial score (nSPS) is 7.50. The predicted octanol–water partition coefficient (Wildman–Crippen LogP) is -2.92. The van der Waals surface area contributed by atoms with E-state index in [0.29, 0.717) is 0 Å². The van der Waals surface area contributed by atoms with E-state index in [1.807, 2.05) is 0 Å². The van der Waals surface area contributed by atoms with Gasteiger partial charge < -0.3 is 24.9 Å². The van der Waals surface area contributed by atoms with Gasteiger partial charge in [-0.15, -0.1) is 0 Å². The van der Waals surface area contributed by atoms with E-state index in [1.165, 1.54) is 0 Å². The molecule has 0 atom stereocenters. The van der Waals surface area contributed by atoms with Gasteiger partial charge in [0, 0.05) is 19.5 Å². The van der Waals surface area contributed by atoms with Crippen LogP contribution in [0, 0.1) is 0 Å². The monoisotopic (exact) mass is 228 g/mol. The van der Waals surface area contributed by atoms with Crippen molar-refractivity contribution in [2.45, 2.75) is 0 Å². The second-order valence-electron chi connectivity index (χ2n) is 0.600. The minimum atomic E-state index is -4.61. The number of rotatable bonds is 0. The van der Waals surface area contributed by atoms with E-state index in [1.54, 1.807) is 0 Å². The van der Waals surface area contributed by atoms with Crippen LogP contribution in [-0.2, 0) is 19.5 Å². The quantitative estimate of drug-likeness (QED) is 0.336. The first-order valence-electron chi connectivity index (χ1n) is 0.894. The summed E-state index contributed by atoms with van der Waals surface area (Å²) in [4.78, 5) is 29.3. The van der Waals surface area contributed by atoms with E-state index in [-0.39, 0.29) is 86.0 Å². The summed E-state index contributed by atoms with van der Waals surface area (Å²) in [7, 11) is -4.61. The second-order valence-corrected chi connectivity index (χ2v) is 1.80. The summed E-state index contributed by atoms with van der Waals surface area (Å²) in [6.45, 7) is 0. The first-order chi connectivity index (χ1) is 2.00. The third-order valence-electron chi connectivity index (χ3n) is 0. The number of hydrogen-bond acceptors (Lipinski definition) is 4. The van der Waals surface area contributed by atoms with E-state index in [2.05, 4.69) is 0 Å². The largest absolute Gasteiger partial charge is 2.00 e. The molecule has 0 unspecified atom stereocenters. The summed E-state index contributed by atoms with van der Waals surface area (Å²) in [6, 6.07) is 0. The van der Waals surface area contributed by atoms with Crippen LogP contribution < -0.4 is 0 Å². The summed E-state index contributed by atoms with van der Waals surface area (Å²) < 4.78 is 0. The predicted molar refractivity (Wildman–Crippen MR) is 30.6 cm³/mol. The van der Waals surface area contributed by atoms with E-state index in [0.717, 1.165) is 0 Å². The molecule has 0 rings (SSSR count). The van der Waals surface area contributed by atoms with Crippen molar-refractivity contribution in [3.05, 3.63) is 0 Å². The van der Waals surface area contributed by atoms with Crippen molar-refractivity contribution in [1.82, 2.24) is 0 Å². The van der Waals surface area contributed by atoms with Crippen LogP contribution in [-0.4, -0.2) is 89.0 Å². The smallest absolute Gasteiger partial charge is 1.00 e. The standard InChI is InChI=1S/Ca.Mg.H4O4Si.Zn.4H/c;;1-5(2,3)4;;;;;/h;;1-4H;;;;;/q2*+2;;;4*-1. The maximum Gasteiger partial charge on any atom is 2.00 e. The molecular weight excluding hydrogens is 222 g/mol. The Morgan fingerprint density at radius 3 is 1.00 bits per heavy atom. The van der Waals surface area contributed by atoms with Crippen molar-refractivity contribution in [2.75, 3.05) is 0 Å². The molecule has 0 spiro atoms. The Bertz CT molecular complexity index is 42.5. The van der Waals surface area contributed by atoms with Crippen molar-refractivity contribution in [2.24, 2.45) is 0 Å². The average molecular weight is 230 g/mol. The summed E-state index contributed by atoms with van der Waals surface area (Å²) in [5, 5.41) is 0. The van der Waals surface area contributed by atoms with E-state index in [9.17, 15) is 0 Å². The van der Waals surface area contributed by atoms with Crippen LogP contribution in [0.15, 0.2) is 0 Å². The van der Waals surface area contributed by atoms with Gasteiger partial charge in [0.2, 0.25) is 0 Å². The van der Waals surface area contributed by atoms with Gasteiger partial charge in [-0.25, -0.2) is 0 Å². The Kier molecular flexibility index (Phi) is 27.2. The Hall–Kier alpha value is 2.71. The molecule has 0 heterocycles. The molecule has 0 aromatic carbocycles. The molecule has 0 fully saturated rings. The summed E-state index contributed by atoms with van der Waals surface area (Å²) in [5.41, 5.74) is 0. The van der Waals surface area contributed by atoms with Gasteiger partial charge in [0.15, 0.2) is 0 Å². The summed E-state index contributed by atoms with van der Waals surface area (Å²) in [5.74, 6) is 0. The molecule has 8 heteroatoms. The van der Waals surface area contributed by atoms with Gasteiger partial charge in [0.1, 0.15) is 0 Å². The van der Waals surface area contributed by atoms with Crippen LogP contribution in [0.1, 0.15) is 5.71 Å². The molecule has 42 valence electrons. The molecule has 0 radical (unpaired) electrons. The fourth-order valence-corrected chi connectivity index (χ4v) is 0. The van der Waals surface area contributed by atoms with E-state index < -0.39 is 9.05 Å². The minimum absolute atomic E-state index is 0. The van der Waals surface area contributed by atoms with Crippen molar-refractivity contribution < 1.29 is 44.4 Å². The molecule has 0 saturated heterocycles. The summed E-state index contributed by atoms with van der Waals surface area (Å²) in [6.07, 6.45) is 0. The average Bonchev–Trinajstić information content (AvgIpc) is 0.722. The minimum Gasteiger partial charge on any atom is -1.00 e. The molecular formula is H8CaMgO4SiZn. The zero-order valence-corrected chi connectivity index (χ0v) is 12.0. The van der Waals surface area contributed by atoms with Gasteiger partial charge in [0.25, 0.3) is 0 Å². The maximum atomic E-state index is 7.33. The molecule has 0 aliphatic carbocycles. The van der Waals surface area contributed by atoms with Gasteiger partial charge in [-0.05, 0) is 0 Å². The SMILES string of the molecule is O[Si](O)(O)O.[Ca+2].[H-].[H-].[H-].[H-].[Mg+2].[Zn]. The second kappa shape index (κ2) is 9.71. The van der Waals surface area contributed by atoms with Crippen LogP contribution in [0.5, 0.6) is 0 Å². The van der Waals surface area contributed by atoms with Crippen LogP contribution in [0.25, 0.3) is 0 Å². The number of hydrogen-bond donors (Lipinski definition) is 4. The third kappa shape index (κ3) is 70.6. The van der Waals surface area contributed by atoms with E-state index in [4.69, 9.17) is 19.2 Å². The molecule has 0 aliphatic heterocycles. The van der Waals surface area contributed by atoms with Crippen molar-refractivity contribution >= 4 is 69.8 Å². The van der Waals surface area contributed by atoms with Crippen LogP contribution in [0.3, 0.4) is 0 Å². The van der Waals surface area contributed by atoms with Gasteiger partial charge >= 0.3 is 69.8 Å². The zero-order valence-electron chi connectivity index (χ0n) is 8.41. The Labute approximate surface area is 113 Å². The van der Waals surface area contributed by atoms with Crippen LogP contribution in [0.2, 0.25) is 0 Å². The van der Waals surface area contributed by atoms with Crippen molar-refractivity contribution in [1.29, 1.82) is 0 Å². The first kappa shape index (κ1) is 22.4. The fraction of sp³-hybridized carbons (Fsp3) is 0. The molecule has 0 saturated carbocycles. The zero-order chi connectivity index (χ0) is 4.50. The molecule has 4 nitrogen and oxygen atoms in total. The van der Waals surface area contributed by atoms with Crippen molar-refractivity contribution in [3.8, 4) is 0 Å². The topological polar surface area (TPSA) is 80.9 Å².